The van der Waals surface area contributed by atoms with E-state index >= 15 is 0 Å². The van der Waals surface area contributed by atoms with Crippen LogP contribution in [0.1, 0.15) is 37.7 Å². The van der Waals surface area contributed by atoms with Gasteiger partial charge in [-0.05, 0) is 25.5 Å². The lowest BCUT2D eigenvalue weighted by molar-refractivity contribution is -0.137. The molecule has 202 valence electrons. The average Bonchev–Trinajstić information content (AvgIpc) is 3.29. The SMILES string of the molecule is CC(=O)CCCC(=O)N(CCN1CCOCC1)C1C=C(C(=O)NCCO)C2c3ccccc3OC2C1O. The number of nitrogens with one attached hydrogen (secondary N) is 1. The minimum atomic E-state index is -1.06. The normalized spacial score (nSPS) is 24.9. The Labute approximate surface area is 217 Å². The lowest BCUT2D eigenvalue weighted by Crippen LogP contribution is -2.57. The van der Waals surface area contributed by atoms with E-state index in [2.05, 4.69) is 10.2 Å². The molecule has 4 unspecified atom stereocenters. The molecule has 4 atom stereocenters. The molecular weight excluding hydrogens is 478 g/mol. The van der Waals surface area contributed by atoms with E-state index < -0.39 is 24.2 Å². The Kier molecular flexibility index (Phi) is 9.31. The smallest absolute Gasteiger partial charge is 0.247 e. The molecule has 3 N–H and O–H groups in total. The van der Waals surface area contributed by atoms with Crippen molar-refractivity contribution in [2.45, 2.75) is 50.4 Å². The van der Waals surface area contributed by atoms with Crippen LogP contribution in [-0.4, -0.2) is 108 Å². The third kappa shape index (κ3) is 6.38. The van der Waals surface area contributed by atoms with Crippen molar-refractivity contribution in [1.82, 2.24) is 15.1 Å². The summed E-state index contributed by atoms with van der Waals surface area (Å²) in [4.78, 5) is 42.0. The molecule has 0 radical (unpaired) electrons. The van der Waals surface area contributed by atoms with Crippen molar-refractivity contribution < 1.29 is 34.1 Å². The van der Waals surface area contributed by atoms with Gasteiger partial charge in [0.1, 0.15) is 23.7 Å². The minimum Gasteiger partial charge on any atom is -0.486 e. The highest BCUT2D eigenvalue weighted by molar-refractivity contribution is 5.96. The molecule has 2 amide bonds. The number of morpholine rings is 1. The van der Waals surface area contributed by atoms with Gasteiger partial charge in [-0.25, -0.2) is 0 Å². The summed E-state index contributed by atoms with van der Waals surface area (Å²) in [5.41, 5.74) is 1.22. The summed E-state index contributed by atoms with van der Waals surface area (Å²) in [5, 5.41) is 23.5. The van der Waals surface area contributed by atoms with Crippen LogP contribution < -0.4 is 10.1 Å². The lowest BCUT2D eigenvalue weighted by Gasteiger charge is -2.41. The number of nitrogens with zero attached hydrogens (tertiary/aromatic N) is 2. The summed E-state index contributed by atoms with van der Waals surface area (Å²) in [6.07, 6.45) is 0.787. The van der Waals surface area contributed by atoms with Gasteiger partial charge in [-0.1, -0.05) is 18.2 Å². The summed E-state index contributed by atoms with van der Waals surface area (Å²) in [7, 11) is 0. The first-order valence-electron chi connectivity index (χ1n) is 13.0. The first-order chi connectivity index (χ1) is 17.9. The van der Waals surface area contributed by atoms with Crippen LogP contribution in [0.4, 0.5) is 0 Å². The van der Waals surface area contributed by atoms with E-state index in [9.17, 15) is 24.6 Å². The second-order valence-electron chi connectivity index (χ2n) is 9.78. The largest absolute Gasteiger partial charge is 0.486 e. The molecule has 0 spiro atoms. The van der Waals surface area contributed by atoms with Crippen LogP contribution in [0, 0.1) is 0 Å². The molecule has 1 aromatic carbocycles. The Morgan fingerprint density at radius 2 is 1.92 bits per heavy atom. The molecule has 0 aromatic heterocycles. The number of amides is 2. The van der Waals surface area contributed by atoms with Gasteiger partial charge in [0, 0.05) is 56.7 Å². The van der Waals surface area contributed by atoms with E-state index in [1.165, 1.54) is 6.92 Å². The molecule has 1 saturated heterocycles. The molecule has 1 aliphatic carbocycles. The van der Waals surface area contributed by atoms with Crippen LogP contribution in [-0.2, 0) is 19.1 Å². The molecule has 3 aliphatic rings. The minimum absolute atomic E-state index is 0.0214. The summed E-state index contributed by atoms with van der Waals surface area (Å²) >= 11 is 0. The number of ether oxygens (including phenoxy) is 2. The van der Waals surface area contributed by atoms with E-state index in [1.54, 1.807) is 11.0 Å². The van der Waals surface area contributed by atoms with Crippen molar-refractivity contribution in [2.75, 3.05) is 52.5 Å². The number of carbonyl (C=O) groups is 3. The highest BCUT2D eigenvalue weighted by Gasteiger charge is 2.50. The lowest BCUT2D eigenvalue weighted by atomic mass is 9.77. The Bertz CT molecular complexity index is 1010. The Balaban J connectivity index is 1.63. The standard InChI is InChI=1S/C27H37N3O7/c1-18(32)5-4-8-23(33)30(11-10-29-12-15-36-16-13-29)21-17-20(27(35)28-9-14-31)24-19-6-2-3-7-22(19)37-26(24)25(21)34/h2-3,6-7,17,21,24-26,31,34H,4-5,8-16H2,1H3,(H,28,35). The summed E-state index contributed by atoms with van der Waals surface area (Å²) in [6, 6.07) is 6.60. The van der Waals surface area contributed by atoms with Gasteiger partial charge >= 0.3 is 0 Å². The van der Waals surface area contributed by atoms with Crippen LogP contribution in [0.25, 0.3) is 0 Å². The second kappa shape index (κ2) is 12.6. The monoisotopic (exact) mass is 515 g/mol. The van der Waals surface area contributed by atoms with E-state index in [0.717, 1.165) is 18.7 Å². The third-order valence-corrected chi connectivity index (χ3v) is 7.24. The molecule has 0 bridgehead atoms. The highest BCUT2D eigenvalue weighted by Crippen LogP contribution is 2.47. The Morgan fingerprint density at radius 1 is 1.16 bits per heavy atom. The number of benzene rings is 1. The molecule has 2 aliphatic heterocycles. The van der Waals surface area contributed by atoms with Crippen LogP contribution in [0.2, 0.25) is 0 Å². The van der Waals surface area contributed by atoms with Gasteiger partial charge in [0.25, 0.3) is 0 Å². The topological polar surface area (TPSA) is 129 Å². The molecule has 1 aromatic rings. The van der Waals surface area contributed by atoms with Gasteiger partial charge in [-0.2, -0.15) is 0 Å². The van der Waals surface area contributed by atoms with Crippen LogP contribution in [0.15, 0.2) is 35.9 Å². The second-order valence-corrected chi connectivity index (χ2v) is 9.78. The molecule has 10 nitrogen and oxygen atoms in total. The first kappa shape index (κ1) is 27.3. The Morgan fingerprint density at radius 3 is 2.65 bits per heavy atom. The van der Waals surface area contributed by atoms with Gasteiger partial charge in [0.2, 0.25) is 11.8 Å². The summed E-state index contributed by atoms with van der Waals surface area (Å²) in [5.74, 6) is -0.411. The Hall–Kier alpha value is -2.79. The number of ketones is 1. The molecule has 10 heteroatoms. The number of para-hydroxylation sites is 1. The molecular formula is C27H37N3O7. The van der Waals surface area contributed by atoms with Gasteiger partial charge in [0.15, 0.2) is 0 Å². The van der Waals surface area contributed by atoms with Crippen LogP contribution in [0.5, 0.6) is 5.75 Å². The van der Waals surface area contributed by atoms with E-state index in [0.29, 0.717) is 50.5 Å². The highest BCUT2D eigenvalue weighted by atomic mass is 16.5. The molecule has 2 heterocycles. The van der Waals surface area contributed by atoms with Gasteiger partial charge in [-0.3, -0.25) is 14.5 Å². The molecule has 4 rings (SSSR count). The van der Waals surface area contributed by atoms with Gasteiger partial charge in [-0.15, -0.1) is 0 Å². The molecule has 1 fully saturated rings. The molecule has 37 heavy (non-hydrogen) atoms. The van der Waals surface area contributed by atoms with Crippen LogP contribution in [0.3, 0.4) is 0 Å². The maximum absolute atomic E-state index is 13.5. The number of fused-ring (bicyclic) bond motifs is 3. The van der Waals surface area contributed by atoms with Gasteiger partial charge in [0.05, 0.1) is 31.8 Å². The predicted molar refractivity (Wildman–Crippen MR) is 135 cm³/mol. The van der Waals surface area contributed by atoms with Crippen molar-refractivity contribution in [1.29, 1.82) is 0 Å². The van der Waals surface area contributed by atoms with E-state index in [1.807, 2.05) is 24.3 Å². The van der Waals surface area contributed by atoms with E-state index in [4.69, 9.17) is 9.47 Å². The number of Topliss-reactive ketones (excluding diaryl/α,β-unsaturated/α-hetero) is 1. The maximum Gasteiger partial charge on any atom is 0.247 e. The fourth-order valence-electron chi connectivity index (χ4n) is 5.34. The van der Waals surface area contributed by atoms with Crippen molar-refractivity contribution in [3.63, 3.8) is 0 Å². The number of hydrogen-bond acceptors (Lipinski definition) is 8. The third-order valence-electron chi connectivity index (χ3n) is 7.24. The van der Waals surface area contributed by atoms with Crippen molar-refractivity contribution >= 4 is 17.6 Å². The predicted octanol–water partition coefficient (Wildman–Crippen LogP) is 0.229. The van der Waals surface area contributed by atoms with Crippen LogP contribution >= 0.6 is 0 Å². The van der Waals surface area contributed by atoms with Gasteiger partial charge < -0.3 is 34.7 Å². The zero-order valence-electron chi connectivity index (χ0n) is 21.3. The van der Waals surface area contributed by atoms with Crippen molar-refractivity contribution in [3.05, 3.63) is 41.5 Å². The fraction of sp³-hybridized carbons (Fsp3) is 0.593. The quantitative estimate of drug-likeness (QED) is 0.382. The summed E-state index contributed by atoms with van der Waals surface area (Å²) < 4.78 is 11.6. The van der Waals surface area contributed by atoms with Crippen molar-refractivity contribution in [2.24, 2.45) is 0 Å². The van der Waals surface area contributed by atoms with Crippen molar-refractivity contribution in [3.8, 4) is 5.75 Å². The first-order valence-corrected chi connectivity index (χ1v) is 13.0. The number of aliphatic hydroxyl groups is 2. The fourth-order valence-corrected chi connectivity index (χ4v) is 5.34. The van der Waals surface area contributed by atoms with E-state index in [-0.39, 0.29) is 37.2 Å². The number of hydrogen-bond donors (Lipinski definition) is 3. The molecule has 0 saturated carbocycles. The summed E-state index contributed by atoms with van der Waals surface area (Å²) in [6.45, 7) is 5.11. The zero-order chi connectivity index (χ0) is 26.4. The zero-order valence-corrected chi connectivity index (χ0v) is 21.3. The average molecular weight is 516 g/mol. The number of rotatable bonds is 11. The number of carbonyl (C=O) groups excluding carboxylic acids is 3. The maximum atomic E-state index is 13.5. The number of aliphatic hydroxyl groups excluding tert-OH is 2.